The van der Waals surface area contributed by atoms with Crippen LogP contribution < -0.4 is 4.90 Å². The zero-order chi connectivity index (χ0) is 15.9. The van der Waals surface area contributed by atoms with Gasteiger partial charge in [0.1, 0.15) is 5.82 Å². The molecule has 116 valence electrons. The first-order valence-electron chi connectivity index (χ1n) is 7.15. The van der Waals surface area contributed by atoms with Crippen molar-refractivity contribution < 1.29 is 4.79 Å². The molecule has 0 aliphatic heterocycles. The van der Waals surface area contributed by atoms with Crippen LogP contribution in [0.15, 0.2) is 47.1 Å². The monoisotopic (exact) mass is 378 g/mol. The highest BCUT2D eigenvalue weighted by Gasteiger charge is 2.14. The number of nitrogens with zero attached hydrogens (tertiary/aromatic N) is 2. The molecule has 1 aromatic carbocycles. The van der Waals surface area contributed by atoms with E-state index in [0.29, 0.717) is 18.1 Å². The fourth-order valence-electron chi connectivity index (χ4n) is 2.13. The number of thioether (sulfide) groups is 1. The van der Waals surface area contributed by atoms with Crippen LogP contribution in [0.25, 0.3) is 0 Å². The van der Waals surface area contributed by atoms with Crippen LogP contribution >= 0.6 is 27.7 Å². The summed E-state index contributed by atoms with van der Waals surface area (Å²) >= 11 is 4.99. The predicted molar refractivity (Wildman–Crippen MR) is 97.3 cm³/mol. The Labute approximate surface area is 144 Å². The normalized spacial score (nSPS) is 10.5. The van der Waals surface area contributed by atoms with Crippen molar-refractivity contribution in [1.82, 2.24) is 4.98 Å². The van der Waals surface area contributed by atoms with Crippen LogP contribution in [0, 0.1) is 6.92 Å². The molecule has 0 unspecified atom stereocenters. The number of benzene rings is 1. The van der Waals surface area contributed by atoms with Crippen molar-refractivity contribution in [2.24, 2.45) is 0 Å². The Hall–Kier alpha value is -1.33. The molecular weight excluding hydrogens is 360 g/mol. The predicted octanol–water partition coefficient (Wildman–Crippen LogP) is 4.44. The highest BCUT2D eigenvalue weighted by atomic mass is 79.9. The van der Waals surface area contributed by atoms with E-state index >= 15 is 0 Å². The summed E-state index contributed by atoms with van der Waals surface area (Å²) in [5.74, 6) is 2.10. The van der Waals surface area contributed by atoms with Crippen molar-refractivity contribution in [2.45, 2.75) is 19.6 Å². The molecule has 0 spiro atoms. The molecule has 3 nitrogen and oxygen atoms in total. The van der Waals surface area contributed by atoms with Gasteiger partial charge in [0.15, 0.2) is 0 Å². The van der Waals surface area contributed by atoms with Gasteiger partial charge >= 0.3 is 0 Å². The number of aryl methyl sites for hydroxylation is 1. The number of carbonyl (C=O) groups is 1. The lowest BCUT2D eigenvalue weighted by Crippen LogP contribution is -2.32. The third-order valence-corrected chi connectivity index (χ3v) is 4.64. The fourth-order valence-corrected chi connectivity index (χ4v) is 3.21. The van der Waals surface area contributed by atoms with E-state index in [-0.39, 0.29) is 5.91 Å². The number of rotatable bonds is 6. The van der Waals surface area contributed by atoms with Crippen molar-refractivity contribution >= 4 is 39.4 Å². The van der Waals surface area contributed by atoms with Gasteiger partial charge in [0.05, 0.1) is 5.75 Å². The molecule has 0 aliphatic rings. The summed E-state index contributed by atoms with van der Waals surface area (Å²) in [7, 11) is 0. The van der Waals surface area contributed by atoms with E-state index in [0.717, 1.165) is 10.2 Å². The molecule has 1 amide bonds. The molecule has 0 N–H and O–H groups in total. The largest absolute Gasteiger partial charge is 0.296 e. The SMILES string of the molecule is CCN(C(=O)CSCc1cccc(C)c1)c1ccc(Br)cn1. The molecule has 0 atom stereocenters. The Morgan fingerprint density at radius 2 is 2.14 bits per heavy atom. The zero-order valence-corrected chi connectivity index (χ0v) is 15.2. The first kappa shape index (κ1) is 17.0. The van der Waals surface area contributed by atoms with Crippen LogP contribution in [0.2, 0.25) is 0 Å². The Morgan fingerprint density at radius 3 is 2.77 bits per heavy atom. The Bertz CT molecular complexity index is 631. The minimum atomic E-state index is 0.0926. The Kier molecular flexibility index (Phi) is 6.46. The van der Waals surface area contributed by atoms with Crippen LogP contribution in [0.4, 0.5) is 5.82 Å². The van der Waals surface area contributed by atoms with Crippen molar-refractivity contribution in [2.75, 3.05) is 17.2 Å². The molecule has 2 rings (SSSR count). The lowest BCUT2D eigenvalue weighted by Gasteiger charge is -2.19. The molecule has 0 saturated carbocycles. The van der Waals surface area contributed by atoms with Gasteiger partial charge in [-0.3, -0.25) is 9.69 Å². The van der Waals surface area contributed by atoms with Gasteiger partial charge in [-0.05, 0) is 47.5 Å². The molecule has 1 aromatic heterocycles. The quantitative estimate of drug-likeness (QED) is 0.744. The Balaban J connectivity index is 1.91. The highest BCUT2D eigenvalue weighted by Crippen LogP contribution is 2.18. The lowest BCUT2D eigenvalue weighted by molar-refractivity contribution is -0.116. The van der Waals surface area contributed by atoms with Crippen molar-refractivity contribution in [3.8, 4) is 0 Å². The van der Waals surface area contributed by atoms with E-state index in [9.17, 15) is 4.79 Å². The standard InChI is InChI=1S/C17H19BrN2OS/c1-3-20(16-8-7-15(18)10-19-16)17(21)12-22-11-14-6-4-5-13(2)9-14/h4-10H,3,11-12H2,1-2H3. The van der Waals surface area contributed by atoms with Gasteiger partial charge in [0.25, 0.3) is 0 Å². The zero-order valence-electron chi connectivity index (χ0n) is 12.8. The minimum absolute atomic E-state index is 0.0926. The molecule has 0 aliphatic carbocycles. The van der Waals surface area contributed by atoms with Crippen LogP contribution in [0.3, 0.4) is 0 Å². The number of carbonyl (C=O) groups excluding carboxylic acids is 1. The third-order valence-electron chi connectivity index (χ3n) is 3.18. The number of aromatic nitrogens is 1. The minimum Gasteiger partial charge on any atom is -0.296 e. The van der Waals surface area contributed by atoms with Crippen molar-refractivity contribution in [3.05, 3.63) is 58.2 Å². The van der Waals surface area contributed by atoms with E-state index in [2.05, 4.69) is 52.1 Å². The summed E-state index contributed by atoms with van der Waals surface area (Å²) in [5, 5.41) is 0. The van der Waals surface area contributed by atoms with Crippen molar-refractivity contribution in [1.29, 1.82) is 0 Å². The smallest absolute Gasteiger partial charge is 0.238 e. The van der Waals surface area contributed by atoms with Gasteiger partial charge in [-0.1, -0.05) is 29.8 Å². The van der Waals surface area contributed by atoms with Gasteiger partial charge < -0.3 is 0 Å². The summed E-state index contributed by atoms with van der Waals surface area (Å²) in [6.07, 6.45) is 1.71. The van der Waals surface area contributed by atoms with Crippen LogP contribution in [0.5, 0.6) is 0 Å². The molecule has 1 heterocycles. The van der Waals surface area contributed by atoms with Gasteiger partial charge in [0.2, 0.25) is 5.91 Å². The summed E-state index contributed by atoms with van der Waals surface area (Å²) in [6.45, 7) is 4.67. The van der Waals surface area contributed by atoms with Gasteiger partial charge in [-0.15, -0.1) is 11.8 Å². The van der Waals surface area contributed by atoms with Crippen LogP contribution in [-0.2, 0) is 10.5 Å². The average Bonchev–Trinajstić information content (AvgIpc) is 2.50. The summed E-state index contributed by atoms with van der Waals surface area (Å²) in [4.78, 5) is 18.4. The summed E-state index contributed by atoms with van der Waals surface area (Å²) < 4.78 is 0.911. The number of anilines is 1. The molecule has 5 heteroatoms. The van der Waals surface area contributed by atoms with E-state index < -0.39 is 0 Å². The maximum absolute atomic E-state index is 12.4. The number of hydrogen-bond donors (Lipinski definition) is 0. The second-order valence-corrected chi connectivity index (χ2v) is 6.86. The van der Waals surface area contributed by atoms with Crippen LogP contribution in [-0.4, -0.2) is 23.2 Å². The number of halogens is 1. The van der Waals surface area contributed by atoms with E-state index in [1.54, 1.807) is 22.9 Å². The third kappa shape index (κ3) is 4.85. The second-order valence-electron chi connectivity index (χ2n) is 4.95. The summed E-state index contributed by atoms with van der Waals surface area (Å²) in [5.41, 5.74) is 2.50. The van der Waals surface area contributed by atoms with Crippen molar-refractivity contribution in [3.63, 3.8) is 0 Å². The molecule has 0 fully saturated rings. The first-order valence-corrected chi connectivity index (χ1v) is 9.10. The van der Waals surface area contributed by atoms with Crippen LogP contribution in [0.1, 0.15) is 18.1 Å². The van der Waals surface area contributed by atoms with E-state index in [1.807, 2.05) is 19.1 Å². The maximum atomic E-state index is 12.4. The molecule has 0 saturated heterocycles. The average molecular weight is 379 g/mol. The highest BCUT2D eigenvalue weighted by molar-refractivity contribution is 9.10. The molecule has 22 heavy (non-hydrogen) atoms. The number of amides is 1. The molecule has 0 bridgehead atoms. The maximum Gasteiger partial charge on any atom is 0.238 e. The lowest BCUT2D eigenvalue weighted by atomic mass is 10.2. The van der Waals surface area contributed by atoms with Gasteiger partial charge in [-0.25, -0.2) is 4.98 Å². The molecule has 2 aromatic rings. The second kappa shape index (κ2) is 8.34. The fraction of sp³-hybridized carbons (Fsp3) is 0.294. The topological polar surface area (TPSA) is 33.2 Å². The Morgan fingerprint density at radius 1 is 1.32 bits per heavy atom. The van der Waals surface area contributed by atoms with E-state index in [1.165, 1.54) is 11.1 Å². The summed E-state index contributed by atoms with van der Waals surface area (Å²) in [6, 6.07) is 12.1. The van der Waals surface area contributed by atoms with Gasteiger partial charge in [-0.2, -0.15) is 0 Å². The first-order chi connectivity index (χ1) is 10.6. The number of hydrogen-bond acceptors (Lipinski definition) is 3. The van der Waals surface area contributed by atoms with E-state index in [4.69, 9.17) is 0 Å². The van der Waals surface area contributed by atoms with Gasteiger partial charge in [0, 0.05) is 23.0 Å². The molecular formula is C17H19BrN2OS. The molecule has 0 radical (unpaired) electrons. The number of pyridine rings is 1.